The Morgan fingerprint density at radius 3 is 2.50 bits per heavy atom. The maximum atomic E-state index is 14.1. The summed E-state index contributed by atoms with van der Waals surface area (Å²) in [7, 11) is 0. The number of likely N-dealkylation sites (tertiary alicyclic amines) is 1. The fourth-order valence-electron chi connectivity index (χ4n) is 7.27. The van der Waals surface area contributed by atoms with E-state index in [1.54, 1.807) is 4.90 Å². The molecule has 3 aliphatic heterocycles. The molecule has 3 fully saturated rings. The molecule has 2 unspecified atom stereocenters. The first-order chi connectivity index (χ1) is 19.4. The lowest BCUT2D eigenvalue weighted by molar-refractivity contribution is -0.146. The molecule has 0 aliphatic carbocycles. The monoisotopic (exact) mass is 541 g/mol. The van der Waals surface area contributed by atoms with Crippen LogP contribution >= 0.6 is 0 Å². The zero-order valence-electron chi connectivity index (χ0n) is 22.6. The summed E-state index contributed by atoms with van der Waals surface area (Å²) in [6, 6.07) is 22.4. The summed E-state index contributed by atoms with van der Waals surface area (Å²) in [6.07, 6.45) is 2.02. The summed E-state index contributed by atoms with van der Waals surface area (Å²) in [4.78, 5) is 43.4. The average molecular weight is 542 g/mol. The van der Waals surface area contributed by atoms with Gasteiger partial charge in [-0.25, -0.2) is 0 Å². The standard InChI is InChI=1S/C32H35N3O5/c1-2-31-15-16-32(40-31)26(25(31)28(37)33-20-21-9-4-3-5-10-21)30(39)35(17-8-18-36)27(32)29(38)34-24-14-13-22-11-6-7-12-23(22)19-24/h3-7,9-14,19,25-27,36H,2,8,15-18,20H2,1H3,(H,33,37)(H,34,38)/t25-,26+,27?,31+,32?/m1/s1. The third-order valence-corrected chi connectivity index (χ3v) is 9.10. The number of aliphatic hydroxyl groups is 1. The molecule has 3 amide bonds. The summed E-state index contributed by atoms with van der Waals surface area (Å²) in [5.41, 5.74) is -0.299. The molecule has 2 bridgehead atoms. The van der Waals surface area contributed by atoms with Crippen LogP contribution < -0.4 is 10.6 Å². The number of ether oxygens (including phenoxy) is 1. The quantitative estimate of drug-likeness (QED) is 0.384. The van der Waals surface area contributed by atoms with Gasteiger partial charge in [-0.15, -0.1) is 0 Å². The van der Waals surface area contributed by atoms with Gasteiger partial charge in [0.1, 0.15) is 11.6 Å². The molecule has 3 aromatic carbocycles. The zero-order valence-corrected chi connectivity index (χ0v) is 22.6. The minimum absolute atomic E-state index is 0.110. The number of carbonyl (C=O) groups excluding carboxylic acids is 3. The van der Waals surface area contributed by atoms with Gasteiger partial charge in [-0.1, -0.05) is 67.6 Å². The highest BCUT2D eigenvalue weighted by Gasteiger charge is 2.78. The minimum Gasteiger partial charge on any atom is -0.396 e. The number of aliphatic hydroxyl groups excluding tert-OH is 1. The first-order valence-electron chi connectivity index (χ1n) is 14.2. The topological polar surface area (TPSA) is 108 Å². The van der Waals surface area contributed by atoms with Crippen molar-refractivity contribution in [3.63, 3.8) is 0 Å². The van der Waals surface area contributed by atoms with Crippen LogP contribution in [0.4, 0.5) is 5.69 Å². The Labute approximate surface area is 233 Å². The van der Waals surface area contributed by atoms with Gasteiger partial charge in [-0.2, -0.15) is 0 Å². The van der Waals surface area contributed by atoms with Crippen LogP contribution in [-0.4, -0.2) is 58.1 Å². The van der Waals surface area contributed by atoms with Crippen LogP contribution in [0.3, 0.4) is 0 Å². The van der Waals surface area contributed by atoms with E-state index in [0.29, 0.717) is 37.9 Å². The lowest BCUT2D eigenvalue weighted by atomic mass is 9.65. The molecule has 40 heavy (non-hydrogen) atoms. The highest BCUT2D eigenvalue weighted by atomic mass is 16.5. The fraction of sp³-hybridized carbons (Fsp3) is 0.406. The van der Waals surface area contributed by atoms with Gasteiger partial charge >= 0.3 is 0 Å². The lowest BCUT2D eigenvalue weighted by Crippen LogP contribution is -2.53. The van der Waals surface area contributed by atoms with Gasteiger partial charge < -0.3 is 25.4 Å². The van der Waals surface area contributed by atoms with Crippen LogP contribution in [0.15, 0.2) is 72.8 Å². The Morgan fingerprint density at radius 1 is 1.00 bits per heavy atom. The van der Waals surface area contributed by atoms with Gasteiger partial charge in [0.25, 0.3) is 0 Å². The molecule has 8 heteroatoms. The number of amides is 3. The molecule has 0 radical (unpaired) electrons. The second kappa shape index (κ2) is 10.3. The van der Waals surface area contributed by atoms with Gasteiger partial charge in [-0.05, 0) is 54.2 Å². The number of rotatable bonds is 9. The molecular weight excluding hydrogens is 506 g/mol. The molecular formula is C32H35N3O5. The van der Waals surface area contributed by atoms with Crippen molar-refractivity contribution in [3.8, 4) is 0 Å². The van der Waals surface area contributed by atoms with E-state index in [2.05, 4.69) is 10.6 Å². The summed E-state index contributed by atoms with van der Waals surface area (Å²) in [5, 5.41) is 17.7. The summed E-state index contributed by atoms with van der Waals surface area (Å²) < 4.78 is 6.78. The molecule has 0 aromatic heterocycles. The number of anilines is 1. The highest BCUT2D eigenvalue weighted by Crippen LogP contribution is 2.64. The number of nitrogens with zero attached hydrogens (tertiary/aromatic N) is 1. The zero-order chi connectivity index (χ0) is 27.9. The Kier molecular flexibility index (Phi) is 6.84. The SMILES string of the molecule is CC[C@@]12CCC3(O1)C(C(=O)Nc1ccc4ccccc4c1)N(CCCO)C(=O)[C@@H]3[C@@H]2C(=O)NCc1ccccc1. The van der Waals surface area contributed by atoms with Crippen molar-refractivity contribution in [2.24, 2.45) is 11.8 Å². The van der Waals surface area contributed by atoms with Crippen molar-refractivity contribution in [1.29, 1.82) is 0 Å². The average Bonchev–Trinajstić information content (AvgIpc) is 3.58. The third kappa shape index (κ3) is 4.17. The molecule has 3 heterocycles. The van der Waals surface area contributed by atoms with Gasteiger partial charge in [0.15, 0.2) is 0 Å². The first-order valence-corrected chi connectivity index (χ1v) is 14.2. The first kappa shape index (κ1) is 26.5. The van der Waals surface area contributed by atoms with Gasteiger partial charge in [0.2, 0.25) is 17.7 Å². The van der Waals surface area contributed by atoms with E-state index in [4.69, 9.17) is 4.74 Å². The van der Waals surface area contributed by atoms with Crippen molar-refractivity contribution in [3.05, 3.63) is 78.4 Å². The van der Waals surface area contributed by atoms with Crippen LogP contribution in [0.25, 0.3) is 10.8 Å². The number of hydrogen-bond donors (Lipinski definition) is 3. The molecule has 0 saturated carbocycles. The second-order valence-electron chi connectivity index (χ2n) is 11.2. The Hall–Kier alpha value is -3.75. The summed E-state index contributed by atoms with van der Waals surface area (Å²) in [6.45, 7) is 2.44. The van der Waals surface area contributed by atoms with Crippen LogP contribution in [0, 0.1) is 11.8 Å². The fourth-order valence-corrected chi connectivity index (χ4v) is 7.27. The highest BCUT2D eigenvalue weighted by molar-refractivity contribution is 6.04. The van der Waals surface area contributed by atoms with Crippen LogP contribution in [0.2, 0.25) is 0 Å². The molecule has 208 valence electrons. The molecule has 3 aromatic rings. The van der Waals surface area contributed by atoms with E-state index >= 15 is 0 Å². The molecule has 5 atom stereocenters. The second-order valence-corrected chi connectivity index (χ2v) is 11.2. The van der Waals surface area contributed by atoms with Crippen LogP contribution in [0.5, 0.6) is 0 Å². The Morgan fingerprint density at radius 2 is 1.75 bits per heavy atom. The molecule has 8 nitrogen and oxygen atoms in total. The molecule has 3 N–H and O–H groups in total. The van der Waals surface area contributed by atoms with Gasteiger partial charge in [0, 0.05) is 25.4 Å². The van der Waals surface area contributed by atoms with Crippen molar-refractivity contribution in [1.82, 2.24) is 10.2 Å². The summed E-state index contributed by atoms with van der Waals surface area (Å²) >= 11 is 0. The predicted molar refractivity (Wildman–Crippen MR) is 151 cm³/mol. The minimum atomic E-state index is -1.10. The van der Waals surface area contributed by atoms with Gasteiger partial charge in [0.05, 0.1) is 17.4 Å². The van der Waals surface area contributed by atoms with E-state index in [-0.39, 0.29) is 30.9 Å². The number of fused-ring (bicyclic) bond motifs is 2. The van der Waals surface area contributed by atoms with E-state index in [1.807, 2.05) is 79.7 Å². The van der Waals surface area contributed by atoms with Crippen molar-refractivity contribution in [2.75, 3.05) is 18.5 Å². The van der Waals surface area contributed by atoms with Crippen molar-refractivity contribution in [2.45, 2.75) is 56.4 Å². The molecule has 3 aliphatic rings. The number of hydrogen-bond acceptors (Lipinski definition) is 5. The Balaban J connectivity index is 1.32. The molecule has 6 rings (SSSR count). The maximum absolute atomic E-state index is 14.1. The Bertz CT molecular complexity index is 1440. The van der Waals surface area contributed by atoms with Crippen LogP contribution in [-0.2, 0) is 25.7 Å². The largest absolute Gasteiger partial charge is 0.396 e. The number of nitrogens with one attached hydrogen (secondary N) is 2. The van der Waals surface area contributed by atoms with Crippen molar-refractivity contribution >= 4 is 34.2 Å². The number of benzene rings is 3. The smallest absolute Gasteiger partial charge is 0.250 e. The summed E-state index contributed by atoms with van der Waals surface area (Å²) in [5.74, 6) is -2.26. The normalized spacial score (nSPS) is 28.6. The van der Waals surface area contributed by atoms with Crippen molar-refractivity contribution < 1.29 is 24.2 Å². The number of carbonyl (C=O) groups is 3. The molecule has 3 saturated heterocycles. The predicted octanol–water partition coefficient (Wildman–Crippen LogP) is 3.63. The van der Waals surface area contributed by atoms with Crippen LogP contribution in [0.1, 0.15) is 38.2 Å². The lowest BCUT2D eigenvalue weighted by Gasteiger charge is -2.34. The molecule has 1 spiro atoms. The van der Waals surface area contributed by atoms with Gasteiger partial charge in [-0.3, -0.25) is 14.4 Å². The van der Waals surface area contributed by atoms with E-state index in [0.717, 1.165) is 16.3 Å². The van der Waals surface area contributed by atoms with E-state index in [1.165, 1.54) is 0 Å². The van der Waals surface area contributed by atoms with E-state index in [9.17, 15) is 19.5 Å². The third-order valence-electron chi connectivity index (χ3n) is 9.10. The van der Waals surface area contributed by atoms with E-state index < -0.39 is 29.1 Å². The maximum Gasteiger partial charge on any atom is 0.250 e.